The molecule has 8 rings (SSSR count). The Labute approximate surface area is 595 Å². The van der Waals surface area contributed by atoms with Crippen molar-refractivity contribution < 1.29 is 0 Å². The average molecular weight is 1330 g/mol. The van der Waals surface area contributed by atoms with E-state index in [9.17, 15) is 0 Å². The molecule has 0 saturated carbocycles. The van der Waals surface area contributed by atoms with Crippen molar-refractivity contribution >= 4 is 0 Å². The van der Waals surface area contributed by atoms with Crippen LogP contribution in [-0.4, -0.2) is 54.8 Å². The molecule has 544 valence electrons. The Morgan fingerprint density at radius 1 is 0.188 bits per heavy atom. The number of benzene rings is 1. The highest BCUT2D eigenvalue weighted by molar-refractivity contribution is 5.23. The first-order valence-corrected chi connectivity index (χ1v) is 35.7. The van der Waals surface area contributed by atoms with Crippen LogP contribution in [0.15, 0.2) is 178 Å². The number of nitrogens with zero attached hydrogens (tertiary/aromatic N) is 11. The first kappa shape index (κ1) is 105. The third-order valence-electron chi connectivity index (χ3n) is 11.5. The fourth-order valence-corrected chi connectivity index (χ4v) is 6.20. The molecule has 0 fully saturated rings. The van der Waals surface area contributed by atoms with Crippen molar-refractivity contribution in [1.82, 2.24) is 54.8 Å². The average Bonchev–Trinajstić information content (AvgIpc) is 2.62. The highest BCUT2D eigenvalue weighted by atomic mass is 14.9. The van der Waals surface area contributed by atoms with Gasteiger partial charge >= 0.3 is 0 Å². The van der Waals surface area contributed by atoms with Crippen molar-refractivity contribution in [1.29, 1.82) is 0 Å². The Morgan fingerprint density at radius 3 is 0.792 bits per heavy atom. The standard InChI is InChI=1S/C10H14.3C9H13N.4C8H12N2.8C2H6/c1-10(2,3)9-7-5-4-6-8-9;1-9(2,3)8-4-6-10-7-5-8;1-9(2,3)8-5-4-6-10-7-8;1-9(2,3)8-6-4-5-7-10-8;1-8(2,3)7-4-9-6-10-5-7;1-8(2,3)7-6-9-4-5-10-7;1-8(2,3)7-4-5-9-6-10-7;1-8(2,3)7-9-5-4-6-10-7;8*1-2/h4-8H,1-3H3;3*4-7H,1-3H3;4*4-6H,1-3H3;8*1-2H3. The number of hydrogen-bond donors (Lipinski definition) is 0. The Kier molecular flexibility index (Phi) is 66.1. The molecule has 0 amide bonds. The van der Waals surface area contributed by atoms with E-state index in [1.165, 1.54) is 22.3 Å². The summed E-state index contributed by atoms with van der Waals surface area (Å²) in [7, 11) is 0. The summed E-state index contributed by atoms with van der Waals surface area (Å²) in [5.74, 6) is 0.898. The summed E-state index contributed by atoms with van der Waals surface area (Å²) < 4.78 is 0. The molecule has 8 aromatic rings. The van der Waals surface area contributed by atoms with Crippen molar-refractivity contribution in [2.24, 2.45) is 0 Å². The monoisotopic (exact) mass is 1320 g/mol. The van der Waals surface area contributed by atoms with Crippen molar-refractivity contribution in [3.05, 3.63) is 223 Å². The largest absolute Gasteiger partial charge is 0.265 e. The van der Waals surface area contributed by atoms with Crippen LogP contribution < -0.4 is 0 Å². The zero-order valence-corrected chi connectivity index (χ0v) is 69.7. The number of pyridine rings is 3. The maximum absolute atomic E-state index is 4.25. The molecule has 0 atom stereocenters. The Hall–Kier alpha value is -7.01. The van der Waals surface area contributed by atoms with E-state index in [0.29, 0.717) is 5.41 Å². The SMILES string of the molecule is CC.CC.CC.CC.CC.CC.CC.CC.CC(C)(C)c1ccccc1.CC(C)(C)c1ccccn1.CC(C)(C)c1cccnc1.CC(C)(C)c1ccncc1.CC(C)(C)c1ccncn1.CC(C)(C)c1cnccn1.CC(C)(C)c1cncnc1.CC(C)(C)c1ncccn1. The predicted octanol–water partition coefficient (Wildman–Crippen LogP) is 25.4. The predicted molar refractivity (Wildman–Crippen MR) is 428 cm³/mol. The van der Waals surface area contributed by atoms with E-state index >= 15 is 0 Å². The van der Waals surface area contributed by atoms with Crippen LogP contribution in [0.4, 0.5) is 0 Å². The van der Waals surface area contributed by atoms with E-state index in [2.05, 4.69) is 276 Å². The maximum atomic E-state index is 4.25. The second-order valence-electron chi connectivity index (χ2n) is 27.4. The molecule has 11 nitrogen and oxygen atoms in total. The highest BCUT2D eigenvalue weighted by Gasteiger charge is 2.18. The van der Waals surface area contributed by atoms with Gasteiger partial charge in [-0.1, -0.05) is 319 Å². The van der Waals surface area contributed by atoms with Crippen LogP contribution in [0.5, 0.6) is 0 Å². The van der Waals surface area contributed by atoms with Crippen molar-refractivity contribution in [3.8, 4) is 0 Å². The molecule has 7 aromatic heterocycles. The lowest BCUT2D eigenvalue weighted by Gasteiger charge is -2.18. The summed E-state index contributed by atoms with van der Waals surface area (Å²) in [5.41, 5.74) is 9.93. The minimum atomic E-state index is 0.0707. The Balaban J connectivity index is -0.000000149. The number of rotatable bonds is 0. The molecule has 0 aliphatic carbocycles. The van der Waals surface area contributed by atoms with Gasteiger partial charge in [0, 0.05) is 114 Å². The van der Waals surface area contributed by atoms with Crippen LogP contribution >= 0.6 is 0 Å². The summed E-state index contributed by atoms with van der Waals surface area (Å²) in [4.78, 5) is 44.6. The molecule has 96 heavy (non-hydrogen) atoms. The number of hydrogen-bond acceptors (Lipinski definition) is 11. The number of aromatic nitrogens is 11. The minimum Gasteiger partial charge on any atom is -0.265 e. The smallest absolute Gasteiger partial charge is 0.133 e. The lowest BCUT2D eigenvalue weighted by atomic mass is 9.87. The van der Waals surface area contributed by atoms with E-state index in [4.69, 9.17) is 0 Å². The fourth-order valence-electron chi connectivity index (χ4n) is 6.20. The lowest BCUT2D eigenvalue weighted by Crippen LogP contribution is -2.14. The maximum Gasteiger partial charge on any atom is 0.133 e. The zero-order chi connectivity index (χ0) is 76.9. The van der Waals surface area contributed by atoms with Crippen molar-refractivity contribution in [3.63, 3.8) is 0 Å². The Morgan fingerprint density at radius 2 is 0.542 bits per heavy atom. The second-order valence-corrected chi connectivity index (χ2v) is 27.4. The lowest BCUT2D eigenvalue weighted by molar-refractivity contribution is 0.545. The van der Waals surface area contributed by atoms with Gasteiger partial charge in [-0.2, -0.15) is 0 Å². The van der Waals surface area contributed by atoms with E-state index in [-0.39, 0.29) is 37.9 Å². The summed E-state index contributed by atoms with van der Waals surface area (Å²) in [6.07, 6.45) is 26.6. The van der Waals surface area contributed by atoms with Gasteiger partial charge in [-0.3, -0.25) is 24.9 Å². The van der Waals surface area contributed by atoms with Gasteiger partial charge in [0.15, 0.2) is 0 Å². The molecule has 0 saturated heterocycles. The van der Waals surface area contributed by atoms with E-state index in [1.807, 2.05) is 178 Å². The second kappa shape index (κ2) is 60.4. The highest BCUT2D eigenvalue weighted by Crippen LogP contribution is 2.24. The minimum absolute atomic E-state index is 0.0707. The van der Waals surface area contributed by atoms with Crippen LogP contribution in [0.1, 0.15) is 322 Å². The van der Waals surface area contributed by atoms with Crippen LogP contribution in [0, 0.1) is 0 Å². The van der Waals surface area contributed by atoms with Gasteiger partial charge in [0.05, 0.1) is 5.69 Å². The molecule has 11 heteroatoms. The van der Waals surface area contributed by atoms with Gasteiger partial charge in [0.2, 0.25) is 0 Å². The van der Waals surface area contributed by atoms with Crippen LogP contribution in [-0.2, 0) is 43.3 Å². The van der Waals surface area contributed by atoms with Crippen LogP contribution in [0.25, 0.3) is 0 Å². The van der Waals surface area contributed by atoms with Gasteiger partial charge in [-0.15, -0.1) is 0 Å². The molecular formula is C85H149N11. The molecule has 0 N–H and O–H groups in total. The van der Waals surface area contributed by atoms with Gasteiger partial charge in [-0.05, 0) is 86.4 Å². The van der Waals surface area contributed by atoms with Gasteiger partial charge < -0.3 is 0 Å². The summed E-state index contributed by atoms with van der Waals surface area (Å²) >= 11 is 0. The van der Waals surface area contributed by atoms with Gasteiger partial charge in [0.25, 0.3) is 0 Å². The molecule has 0 aliphatic rings. The topological polar surface area (TPSA) is 142 Å². The Bertz CT molecular complexity index is 2170. The zero-order valence-electron chi connectivity index (χ0n) is 69.7. The van der Waals surface area contributed by atoms with Gasteiger partial charge in [0.1, 0.15) is 18.5 Å². The third-order valence-corrected chi connectivity index (χ3v) is 11.5. The summed E-state index contributed by atoms with van der Waals surface area (Å²) in [5, 5.41) is 0. The fraction of sp³-hybridized carbons (Fsp3) is 0.565. The molecule has 0 bridgehead atoms. The van der Waals surface area contributed by atoms with Crippen molar-refractivity contribution in [2.45, 2.75) is 320 Å². The normalized spacial score (nSPS) is 10.1. The molecule has 0 spiro atoms. The first-order chi connectivity index (χ1) is 44.8. The molecular weight excluding hydrogens is 1180 g/mol. The summed E-state index contributed by atoms with van der Waals surface area (Å²) in [6, 6.07) is 28.5. The summed E-state index contributed by atoms with van der Waals surface area (Å²) in [6.45, 7) is 83.8. The quantitative estimate of drug-likeness (QED) is 0.143. The molecule has 1 aromatic carbocycles. The first-order valence-electron chi connectivity index (χ1n) is 35.7. The molecule has 0 aliphatic heterocycles. The van der Waals surface area contributed by atoms with Crippen molar-refractivity contribution in [2.75, 3.05) is 0 Å². The van der Waals surface area contributed by atoms with E-state index in [1.54, 1.807) is 56.0 Å². The van der Waals surface area contributed by atoms with E-state index < -0.39 is 0 Å². The van der Waals surface area contributed by atoms with Crippen LogP contribution in [0.2, 0.25) is 0 Å². The molecule has 7 heterocycles. The van der Waals surface area contributed by atoms with Crippen LogP contribution in [0.3, 0.4) is 0 Å². The molecule has 0 unspecified atom stereocenters. The molecule has 0 radical (unpaired) electrons. The third kappa shape index (κ3) is 58.4. The van der Waals surface area contributed by atoms with Gasteiger partial charge in [-0.25, -0.2) is 29.9 Å². The van der Waals surface area contributed by atoms with E-state index in [0.717, 1.165) is 22.9 Å².